The van der Waals surface area contributed by atoms with Gasteiger partial charge in [0.15, 0.2) is 0 Å². The van der Waals surface area contributed by atoms with Gasteiger partial charge in [0.2, 0.25) is 0 Å². The van der Waals surface area contributed by atoms with Gasteiger partial charge in [-0.25, -0.2) is 0 Å². The van der Waals surface area contributed by atoms with Crippen LogP contribution in [-0.2, 0) is 9.47 Å². The highest BCUT2D eigenvalue weighted by Gasteiger charge is 2.25. The summed E-state index contributed by atoms with van der Waals surface area (Å²) < 4.78 is 46.9. The molecule has 1 unspecified atom stereocenters. The third-order valence-corrected chi connectivity index (χ3v) is 4.11. The Kier molecular flexibility index (Phi) is 10.9. The lowest BCUT2D eigenvalue weighted by Crippen LogP contribution is -2.09. The van der Waals surface area contributed by atoms with Crippen LogP contribution >= 0.6 is 0 Å². The molecule has 0 amide bonds. The molecule has 1 aliphatic heterocycles. The molecule has 2 nitrogen and oxygen atoms in total. The van der Waals surface area contributed by atoms with Crippen LogP contribution in [0, 0.1) is 0 Å². The maximum atomic E-state index is 11.9. The molecule has 0 N–H and O–H groups in total. The quantitative estimate of drug-likeness (QED) is 0.408. The molecule has 0 radical (unpaired) electrons. The summed E-state index contributed by atoms with van der Waals surface area (Å²) in [4.78, 5) is 0. The van der Waals surface area contributed by atoms with E-state index < -0.39 is 12.6 Å². The fourth-order valence-electron chi connectivity index (χ4n) is 2.78. The van der Waals surface area contributed by atoms with Crippen molar-refractivity contribution < 1.29 is 22.6 Å². The second-order valence-corrected chi connectivity index (χ2v) is 6.23. The van der Waals surface area contributed by atoms with Gasteiger partial charge in [0, 0.05) is 26.2 Å². The van der Waals surface area contributed by atoms with Gasteiger partial charge in [-0.05, 0) is 32.1 Å². The van der Waals surface area contributed by atoms with Crippen molar-refractivity contribution in [3.8, 4) is 0 Å². The third kappa shape index (κ3) is 12.3. The molecule has 5 heteroatoms. The Labute approximate surface area is 132 Å². The lowest BCUT2D eigenvalue weighted by molar-refractivity contribution is -0.135. The van der Waals surface area contributed by atoms with E-state index in [9.17, 15) is 13.2 Å². The second-order valence-electron chi connectivity index (χ2n) is 6.23. The SMILES string of the molecule is FC(F)(F)CCCCCCCCCCOCCC1CCCO1. The summed E-state index contributed by atoms with van der Waals surface area (Å²) in [5, 5.41) is 0. The lowest BCUT2D eigenvalue weighted by atomic mass is 10.1. The van der Waals surface area contributed by atoms with E-state index in [0.29, 0.717) is 12.5 Å². The number of rotatable bonds is 13. The first-order valence-electron chi connectivity index (χ1n) is 8.84. The van der Waals surface area contributed by atoms with Crippen LogP contribution in [0.1, 0.15) is 77.0 Å². The third-order valence-electron chi connectivity index (χ3n) is 4.11. The Hall–Kier alpha value is -0.290. The maximum Gasteiger partial charge on any atom is 0.389 e. The van der Waals surface area contributed by atoms with Crippen LogP contribution < -0.4 is 0 Å². The number of ether oxygens (including phenoxy) is 2. The van der Waals surface area contributed by atoms with Crippen molar-refractivity contribution in [2.24, 2.45) is 0 Å². The van der Waals surface area contributed by atoms with Gasteiger partial charge in [-0.3, -0.25) is 0 Å². The molecule has 0 aromatic rings. The highest BCUT2D eigenvalue weighted by Crippen LogP contribution is 2.23. The Morgan fingerprint density at radius 3 is 2.09 bits per heavy atom. The van der Waals surface area contributed by atoms with E-state index in [4.69, 9.17) is 9.47 Å². The summed E-state index contributed by atoms with van der Waals surface area (Å²) >= 11 is 0. The van der Waals surface area contributed by atoms with Gasteiger partial charge in [-0.15, -0.1) is 0 Å². The molecule has 0 spiro atoms. The number of hydrogen-bond acceptors (Lipinski definition) is 2. The Morgan fingerprint density at radius 2 is 1.50 bits per heavy atom. The lowest BCUT2D eigenvalue weighted by Gasteiger charge is -2.09. The smallest absolute Gasteiger partial charge is 0.381 e. The summed E-state index contributed by atoms with van der Waals surface area (Å²) in [5.41, 5.74) is 0. The summed E-state index contributed by atoms with van der Waals surface area (Å²) in [6.07, 6.45) is 6.65. The summed E-state index contributed by atoms with van der Waals surface area (Å²) in [6, 6.07) is 0. The molecule has 1 saturated heterocycles. The van der Waals surface area contributed by atoms with Gasteiger partial charge >= 0.3 is 6.18 Å². The van der Waals surface area contributed by atoms with Crippen molar-refractivity contribution in [3.05, 3.63) is 0 Å². The van der Waals surface area contributed by atoms with Crippen molar-refractivity contribution in [2.45, 2.75) is 89.3 Å². The fraction of sp³-hybridized carbons (Fsp3) is 1.00. The topological polar surface area (TPSA) is 18.5 Å². The average Bonchev–Trinajstić information content (AvgIpc) is 2.96. The number of alkyl halides is 3. The van der Waals surface area contributed by atoms with E-state index >= 15 is 0 Å². The maximum absolute atomic E-state index is 11.9. The van der Waals surface area contributed by atoms with E-state index in [-0.39, 0.29) is 6.42 Å². The summed E-state index contributed by atoms with van der Waals surface area (Å²) in [5.74, 6) is 0. The van der Waals surface area contributed by atoms with Crippen LogP contribution in [0.3, 0.4) is 0 Å². The van der Waals surface area contributed by atoms with Gasteiger partial charge < -0.3 is 9.47 Å². The van der Waals surface area contributed by atoms with Gasteiger partial charge in [0.25, 0.3) is 0 Å². The molecule has 1 atom stereocenters. The Morgan fingerprint density at radius 1 is 0.864 bits per heavy atom. The standard InChI is InChI=1S/C17H31F3O2/c18-17(19,20)12-7-5-3-1-2-4-6-8-13-21-15-11-16-10-9-14-22-16/h16H,1-15H2. The minimum Gasteiger partial charge on any atom is -0.381 e. The van der Waals surface area contributed by atoms with Crippen LogP contribution in [0.4, 0.5) is 13.2 Å². The molecule has 1 fully saturated rings. The summed E-state index contributed by atoms with van der Waals surface area (Å²) in [7, 11) is 0. The minimum atomic E-state index is -3.98. The highest BCUT2D eigenvalue weighted by atomic mass is 19.4. The molecule has 0 saturated carbocycles. The van der Waals surface area contributed by atoms with Crippen LogP contribution in [0.25, 0.3) is 0 Å². The molecular formula is C17H31F3O2. The van der Waals surface area contributed by atoms with Gasteiger partial charge in [0.1, 0.15) is 0 Å². The number of halogens is 3. The molecule has 1 heterocycles. The zero-order valence-electron chi connectivity index (χ0n) is 13.6. The first-order valence-corrected chi connectivity index (χ1v) is 8.84. The predicted molar refractivity (Wildman–Crippen MR) is 82.0 cm³/mol. The molecule has 22 heavy (non-hydrogen) atoms. The fourth-order valence-corrected chi connectivity index (χ4v) is 2.78. The molecule has 0 bridgehead atoms. The van der Waals surface area contributed by atoms with Crippen LogP contribution in [-0.4, -0.2) is 32.1 Å². The Bertz CT molecular complexity index is 251. The molecule has 0 aromatic carbocycles. The zero-order valence-corrected chi connectivity index (χ0v) is 13.6. The van der Waals surface area contributed by atoms with Gasteiger partial charge in [0.05, 0.1) is 6.10 Å². The molecule has 0 aliphatic carbocycles. The number of hydrogen-bond donors (Lipinski definition) is 0. The zero-order chi connectivity index (χ0) is 16.1. The van der Waals surface area contributed by atoms with Crippen LogP contribution in [0.15, 0.2) is 0 Å². The Balaban J connectivity index is 1.69. The van der Waals surface area contributed by atoms with E-state index in [1.54, 1.807) is 0 Å². The van der Waals surface area contributed by atoms with E-state index in [1.165, 1.54) is 12.8 Å². The van der Waals surface area contributed by atoms with Gasteiger partial charge in [-0.1, -0.05) is 38.5 Å². The normalized spacial score (nSPS) is 19.0. The molecular weight excluding hydrogens is 293 g/mol. The first kappa shape index (κ1) is 19.8. The first-order chi connectivity index (χ1) is 10.6. The monoisotopic (exact) mass is 324 g/mol. The molecule has 1 rings (SSSR count). The average molecular weight is 324 g/mol. The van der Waals surface area contributed by atoms with Gasteiger partial charge in [-0.2, -0.15) is 13.2 Å². The minimum absolute atomic E-state index is 0.280. The molecule has 1 aliphatic rings. The highest BCUT2D eigenvalue weighted by molar-refractivity contribution is 4.63. The van der Waals surface area contributed by atoms with Crippen molar-refractivity contribution in [2.75, 3.05) is 19.8 Å². The van der Waals surface area contributed by atoms with Crippen molar-refractivity contribution >= 4 is 0 Å². The van der Waals surface area contributed by atoms with Crippen LogP contribution in [0.2, 0.25) is 0 Å². The largest absolute Gasteiger partial charge is 0.389 e. The van der Waals surface area contributed by atoms with Crippen molar-refractivity contribution in [1.82, 2.24) is 0 Å². The van der Waals surface area contributed by atoms with Crippen molar-refractivity contribution in [3.63, 3.8) is 0 Å². The van der Waals surface area contributed by atoms with E-state index in [1.807, 2.05) is 0 Å². The number of unbranched alkanes of at least 4 members (excludes halogenated alkanes) is 7. The van der Waals surface area contributed by atoms with Crippen molar-refractivity contribution in [1.29, 1.82) is 0 Å². The molecule has 132 valence electrons. The summed E-state index contributed by atoms with van der Waals surface area (Å²) in [6.45, 7) is 2.52. The second kappa shape index (κ2) is 12.2. The molecule has 0 aromatic heterocycles. The van der Waals surface area contributed by atoms with Crippen LogP contribution in [0.5, 0.6) is 0 Å². The van der Waals surface area contributed by atoms with E-state index in [0.717, 1.165) is 64.8 Å². The predicted octanol–water partition coefficient (Wildman–Crippen LogP) is 5.65. The van der Waals surface area contributed by atoms with E-state index in [2.05, 4.69) is 0 Å².